The zero-order chi connectivity index (χ0) is 18.5. The van der Waals surface area contributed by atoms with Gasteiger partial charge >= 0.3 is 0 Å². The van der Waals surface area contributed by atoms with Gasteiger partial charge < -0.3 is 10.6 Å². The van der Waals surface area contributed by atoms with Gasteiger partial charge in [-0.05, 0) is 61.4 Å². The van der Waals surface area contributed by atoms with Crippen LogP contribution >= 0.6 is 0 Å². The number of carbonyl (C=O) groups excluding carboxylic acids is 2. The van der Waals surface area contributed by atoms with E-state index in [1.165, 1.54) is 0 Å². The Balaban J connectivity index is 1.70. The van der Waals surface area contributed by atoms with Gasteiger partial charge in [-0.15, -0.1) is 0 Å². The molecule has 0 heterocycles. The summed E-state index contributed by atoms with van der Waals surface area (Å²) >= 11 is 0. The molecule has 130 valence electrons. The Morgan fingerprint density at radius 2 is 0.923 bits per heavy atom. The van der Waals surface area contributed by atoms with Crippen LogP contribution in [0.5, 0.6) is 0 Å². The normalized spacial score (nSPS) is 10.2. The number of benzene rings is 3. The van der Waals surface area contributed by atoms with Gasteiger partial charge in [-0.3, -0.25) is 9.59 Å². The molecule has 3 aromatic carbocycles. The first-order chi connectivity index (χ1) is 12.5. The molecule has 0 aliphatic rings. The number of rotatable bonds is 4. The molecule has 3 aromatic rings. The summed E-state index contributed by atoms with van der Waals surface area (Å²) < 4.78 is 0. The van der Waals surface area contributed by atoms with Crippen LogP contribution in [0.1, 0.15) is 31.8 Å². The second-order valence-electron chi connectivity index (χ2n) is 6.12. The highest BCUT2D eigenvalue weighted by molar-refractivity contribution is 6.07. The first-order valence-corrected chi connectivity index (χ1v) is 8.38. The zero-order valence-corrected chi connectivity index (χ0v) is 14.7. The number of nitrogens with one attached hydrogen (secondary N) is 2. The Morgan fingerprint density at radius 1 is 0.577 bits per heavy atom. The number of carbonyl (C=O) groups is 2. The van der Waals surface area contributed by atoms with Crippen LogP contribution in [0.2, 0.25) is 0 Å². The van der Waals surface area contributed by atoms with Crippen molar-refractivity contribution in [3.63, 3.8) is 0 Å². The summed E-state index contributed by atoms with van der Waals surface area (Å²) in [5.41, 5.74) is 4.55. The smallest absolute Gasteiger partial charge is 0.255 e. The number of aryl methyl sites for hydroxylation is 2. The maximum atomic E-state index is 12.4. The van der Waals surface area contributed by atoms with Gasteiger partial charge in [0.25, 0.3) is 11.8 Å². The van der Waals surface area contributed by atoms with Crippen LogP contribution in [0, 0.1) is 13.8 Å². The molecule has 4 nitrogen and oxygen atoms in total. The Kier molecular flexibility index (Phi) is 5.13. The zero-order valence-electron chi connectivity index (χ0n) is 14.7. The SMILES string of the molecule is Cc1ccccc1NC(=O)c1ccc(C(=O)Nc2ccccc2C)cc1. The van der Waals surface area contributed by atoms with Gasteiger partial charge in [0.15, 0.2) is 0 Å². The van der Waals surface area contributed by atoms with E-state index in [0.717, 1.165) is 22.5 Å². The molecule has 2 amide bonds. The van der Waals surface area contributed by atoms with Gasteiger partial charge in [-0.25, -0.2) is 0 Å². The fourth-order valence-corrected chi connectivity index (χ4v) is 2.59. The van der Waals surface area contributed by atoms with Gasteiger partial charge in [0.05, 0.1) is 0 Å². The third-order valence-electron chi connectivity index (χ3n) is 4.20. The van der Waals surface area contributed by atoms with Crippen molar-refractivity contribution in [1.82, 2.24) is 0 Å². The van der Waals surface area contributed by atoms with Gasteiger partial charge in [0.2, 0.25) is 0 Å². The quantitative estimate of drug-likeness (QED) is 0.714. The van der Waals surface area contributed by atoms with Crippen LogP contribution in [0.3, 0.4) is 0 Å². The summed E-state index contributed by atoms with van der Waals surface area (Å²) in [4.78, 5) is 24.7. The molecule has 0 aliphatic carbocycles. The molecule has 0 spiro atoms. The lowest BCUT2D eigenvalue weighted by molar-refractivity contribution is 0.101. The average Bonchev–Trinajstić information content (AvgIpc) is 2.65. The fourth-order valence-electron chi connectivity index (χ4n) is 2.59. The van der Waals surface area contributed by atoms with Crippen LogP contribution in [0.4, 0.5) is 11.4 Å². The number of anilines is 2. The largest absolute Gasteiger partial charge is 0.322 e. The minimum absolute atomic E-state index is 0.204. The van der Waals surface area contributed by atoms with Crippen molar-refractivity contribution in [2.45, 2.75) is 13.8 Å². The van der Waals surface area contributed by atoms with Gasteiger partial charge in [-0.1, -0.05) is 36.4 Å². The lowest BCUT2D eigenvalue weighted by atomic mass is 10.1. The molecule has 0 unspecified atom stereocenters. The first kappa shape index (κ1) is 17.4. The van der Waals surface area contributed by atoms with Crippen molar-refractivity contribution >= 4 is 23.2 Å². The standard InChI is InChI=1S/C22H20N2O2/c1-15-7-3-5-9-19(15)23-21(25)17-11-13-18(14-12-17)22(26)24-20-10-6-4-8-16(20)2/h3-14H,1-2H3,(H,23,25)(H,24,26). The molecule has 3 rings (SSSR count). The highest BCUT2D eigenvalue weighted by atomic mass is 16.2. The molecule has 0 radical (unpaired) electrons. The van der Waals surface area contributed by atoms with E-state index in [4.69, 9.17) is 0 Å². The molecule has 0 atom stereocenters. The van der Waals surface area contributed by atoms with E-state index < -0.39 is 0 Å². The number of hydrogen-bond acceptors (Lipinski definition) is 2. The van der Waals surface area contributed by atoms with E-state index >= 15 is 0 Å². The summed E-state index contributed by atoms with van der Waals surface area (Å²) in [5.74, 6) is -0.407. The van der Waals surface area contributed by atoms with E-state index in [9.17, 15) is 9.59 Å². The summed E-state index contributed by atoms with van der Waals surface area (Å²) in [6, 6.07) is 21.8. The summed E-state index contributed by atoms with van der Waals surface area (Å²) in [6.07, 6.45) is 0. The van der Waals surface area contributed by atoms with Crippen molar-refractivity contribution in [2.24, 2.45) is 0 Å². The highest BCUT2D eigenvalue weighted by Gasteiger charge is 2.11. The minimum Gasteiger partial charge on any atom is -0.322 e. The second-order valence-corrected chi connectivity index (χ2v) is 6.12. The summed E-state index contributed by atoms with van der Waals surface area (Å²) in [5, 5.41) is 5.77. The van der Waals surface area contributed by atoms with Gasteiger partial charge in [0, 0.05) is 22.5 Å². The van der Waals surface area contributed by atoms with E-state index in [2.05, 4.69) is 10.6 Å². The molecule has 0 saturated heterocycles. The Morgan fingerprint density at radius 3 is 1.27 bits per heavy atom. The fraction of sp³-hybridized carbons (Fsp3) is 0.0909. The first-order valence-electron chi connectivity index (χ1n) is 8.38. The number of para-hydroxylation sites is 2. The molecule has 0 fully saturated rings. The number of amides is 2. The second kappa shape index (κ2) is 7.66. The van der Waals surface area contributed by atoms with E-state index in [1.54, 1.807) is 24.3 Å². The predicted octanol–water partition coefficient (Wildman–Crippen LogP) is 4.81. The lowest BCUT2D eigenvalue weighted by Gasteiger charge is -2.10. The van der Waals surface area contributed by atoms with Crippen molar-refractivity contribution < 1.29 is 9.59 Å². The van der Waals surface area contributed by atoms with Crippen molar-refractivity contribution in [3.8, 4) is 0 Å². The topological polar surface area (TPSA) is 58.2 Å². The molecule has 2 N–H and O–H groups in total. The molecular weight excluding hydrogens is 324 g/mol. The molecule has 0 saturated carbocycles. The summed E-state index contributed by atoms with van der Waals surface area (Å²) in [6.45, 7) is 3.88. The van der Waals surface area contributed by atoms with Crippen LogP contribution in [0.25, 0.3) is 0 Å². The maximum Gasteiger partial charge on any atom is 0.255 e. The van der Waals surface area contributed by atoms with Crippen LogP contribution in [0.15, 0.2) is 72.8 Å². The molecular formula is C22H20N2O2. The van der Waals surface area contributed by atoms with Crippen molar-refractivity contribution in [1.29, 1.82) is 0 Å². The van der Waals surface area contributed by atoms with E-state index in [1.807, 2.05) is 62.4 Å². The van der Waals surface area contributed by atoms with Gasteiger partial charge in [-0.2, -0.15) is 0 Å². The average molecular weight is 344 g/mol. The molecule has 0 aromatic heterocycles. The van der Waals surface area contributed by atoms with Crippen molar-refractivity contribution in [3.05, 3.63) is 95.1 Å². The lowest BCUT2D eigenvalue weighted by Crippen LogP contribution is -2.15. The molecule has 0 bridgehead atoms. The predicted molar refractivity (Wildman–Crippen MR) is 105 cm³/mol. The summed E-state index contributed by atoms with van der Waals surface area (Å²) in [7, 11) is 0. The van der Waals surface area contributed by atoms with Crippen LogP contribution in [-0.4, -0.2) is 11.8 Å². The third-order valence-corrected chi connectivity index (χ3v) is 4.20. The Bertz CT molecular complexity index is 868. The van der Waals surface area contributed by atoms with Crippen LogP contribution < -0.4 is 10.6 Å². The van der Waals surface area contributed by atoms with Gasteiger partial charge in [0.1, 0.15) is 0 Å². The van der Waals surface area contributed by atoms with Crippen molar-refractivity contribution in [2.75, 3.05) is 10.6 Å². The molecule has 4 heteroatoms. The van der Waals surface area contributed by atoms with E-state index in [-0.39, 0.29) is 11.8 Å². The number of hydrogen-bond donors (Lipinski definition) is 2. The molecule has 0 aliphatic heterocycles. The monoisotopic (exact) mass is 344 g/mol. The maximum absolute atomic E-state index is 12.4. The van der Waals surface area contributed by atoms with Crippen LogP contribution in [-0.2, 0) is 0 Å². The minimum atomic E-state index is -0.204. The Labute approximate surface area is 152 Å². The highest BCUT2D eigenvalue weighted by Crippen LogP contribution is 2.17. The molecule has 26 heavy (non-hydrogen) atoms. The van der Waals surface area contributed by atoms with E-state index in [0.29, 0.717) is 11.1 Å². The third kappa shape index (κ3) is 3.98. The Hall–Kier alpha value is -3.40.